The number of aryl methyl sites for hydroxylation is 1. The number of hydrogen-bond donors (Lipinski definition) is 1. The highest BCUT2D eigenvalue weighted by atomic mass is 16.3. The second-order valence-corrected chi connectivity index (χ2v) is 7.11. The molecule has 4 aromatic rings. The zero-order valence-corrected chi connectivity index (χ0v) is 16.4. The zero-order chi connectivity index (χ0) is 20.7. The first-order valence-corrected chi connectivity index (χ1v) is 9.67. The summed E-state index contributed by atoms with van der Waals surface area (Å²) in [6.07, 6.45) is 1.75. The van der Waals surface area contributed by atoms with E-state index in [1.807, 2.05) is 92.0 Å². The van der Waals surface area contributed by atoms with Crippen molar-refractivity contribution in [2.45, 2.75) is 0 Å². The molecule has 1 aliphatic heterocycles. The molecule has 5 heteroatoms. The van der Waals surface area contributed by atoms with Crippen LogP contribution in [0.4, 0.5) is 11.4 Å². The third-order valence-electron chi connectivity index (χ3n) is 5.29. The van der Waals surface area contributed by atoms with Crippen molar-refractivity contribution in [2.24, 2.45) is 12.0 Å². The lowest BCUT2D eigenvalue weighted by molar-refractivity contribution is -0.111. The van der Waals surface area contributed by atoms with Crippen LogP contribution in [0.2, 0.25) is 0 Å². The Kier molecular flexibility index (Phi) is 4.21. The summed E-state index contributed by atoms with van der Waals surface area (Å²) in [4.78, 5) is 19.6. The Hall–Kier alpha value is -4.12. The van der Waals surface area contributed by atoms with Crippen LogP contribution in [0.3, 0.4) is 0 Å². The maximum Gasteiger partial charge on any atom is 0.281 e. The Labute approximate surface area is 173 Å². The number of amides is 1. The van der Waals surface area contributed by atoms with Crippen molar-refractivity contribution in [3.63, 3.8) is 0 Å². The van der Waals surface area contributed by atoms with Gasteiger partial charge in [-0.05, 0) is 36.4 Å². The zero-order valence-electron chi connectivity index (χ0n) is 16.4. The number of hydrogen-bond acceptors (Lipinski definition) is 3. The standard InChI is InChI=1S/C25H19N3O2/c1-27-21-15-9-8-14-19(21)23(25(27)30)22-16-20(26-17-10-4-2-5-11-17)24(29)28(22)18-12-6-3-7-13-18/h2-16,30H,1H3. The summed E-state index contributed by atoms with van der Waals surface area (Å²) >= 11 is 0. The van der Waals surface area contributed by atoms with Crippen LogP contribution in [0.5, 0.6) is 5.88 Å². The molecule has 0 aliphatic carbocycles. The van der Waals surface area contributed by atoms with E-state index < -0.39 is 0 Å². The molecule has 1 amide bonds. The Morgan fingerprint density at radius 1 is 0.833 bits per heavy atom. The number of rotatable bonds is 3. The fourth-order valence-electron chi connectivity index (χ4n) is 3.85. The molecule has 5 nitrogen and oxygen atoms in total. The highest BCUT2D eigenvalue weighted by Crippen LogP contribution is 2.41. The van der Waals surface area contributed by atoms with E-state index in [1.54, 1.807) is 15.5 Å². The van der Waals surface area contributed by atoms with E-state index in [0.29, 0.717) is 22.7 Å². The largest absolute Gasteiger partial charge is 0.494 e. The third kappa shape index (κ3) is 2.79. The van der Waals surface area contributed by atoms with Crippen LogP contribution in [0.15, 0.2) is 96.0 Å². The van der Waals surface area contributed by atoms with Crippen molar-refractivity contribution in [1.82, 2.24) is 4.57 Å². The van der Waals surface area contributed by atoms with Gasteiger partial charge < -0.3 is 9.67 Å². The molecule has 0 spiro atoms. The van der Waals surface area contributed by atoms with Gasteiger partial charge in [-0.2, -0.15) is 0 Å². The lowest BCUT2D eigenvalue weighted by atomic mass is 10.1. The molecule has 0 bridgehead atoms. The van der Waals surface area contributed by atoms with Crippen LogP contribution >= 0.6 is 0 Å². The second-order valence-electron chi connectivity index (χ2n) is 7.11. The molecule has 3 aromatic carbocycles. The average Bonchev–Trinajstić information content (AvgIpc) is 3.23. The smallest absolute Gasteiger partial charge is 0.281 e. The number of aromatic nitrogens is 1. The van der Waals surface area contributed by atoms with Crippen LogP contribution in [0, 0.1) is 0 Å². The van der Waals surface area contributed by atoms with Crippen LogP contribution < -0.4 is 4.90 Å². The van der Waals surface area contributed by atoms with Gasteiger partial charge in [0.05, 0.1) is 22.5 Å². The molecule has 0 unspecified atom stereocenters. The molecule has 30 heavy (non-hydrogen) atoms. The molecule has 0 radical (unpaired) electrons. The van der Waals surface area contributed by atoms with Gasteiger partial charge >= 0.3 is 0 Å². The number of para-hydroxylation sites is 3. The van der Waals surface area contributed by atoms with Gasteiger partial charge in [-0.1, -0.05) is 54.6 Å². The predicted molar refractivity (Wildman–Crippen MR) is 120 cm³/mol. The molecule has 1 N–H and O–H groups in total. The number of aromatic hydroxyl groups is 1. The quantitative estimate of drug-likeness (QED) is 0.530. The highest BCUT2D eigenvalue weighted by Gasteiger charge is 2.35. The van der Waals surface area contributed by atoms with E-state index in [4.69, 9.17) is 0 Å². The molecule has 5 rings (SSSR count). The third-order valence-corrected chi connectivity index (χ3v) is 5.29. The molecule has 0 atom stereocenters. The Bertz CT molecular complexity index is 1320. The van der Waals surface area contributed by atoms with Crippen LogP contribution in [-0.4, -0.2) is 21.3 Å². The number of anilines is 1. The van der Waals surface area contributed by atoms with Crippen LogP contribution in [0.25, 0.3) is 16.6 Å². The first-order valence-electron chi connectivity index (χ1n) is 9.67. The minimum absolute atomic E-state index is 0.108. The number of fused-ring (bicyclic) bond motifs is 1. The first kappa shape index (κ1) is 17.9. The van der Waals surface area contributed by atoms with Gasteiger partial charge in [0.25, 0.3) is 5.91 Å². The summed E-state index contributed by atoms with van der Waals surface area (Å²) in [5.74, 6) is -0.121. The SMILES string of the molecule is Cn1c(O)c(C2=CC(=Nc3ccccc3)C(=O)N2c2ccccc2)c2ccccc21. The summed E-state index contributed by atoms with van der Waals surface area (Å²) in [7, 11) is 1.81. The van der Waals surface area contributed by atoms with Gasteiger partial charge in [-0.15, -0.1) is 0 Å². The van der Waals surface area contributed by atoms with Crippen LogP contribution in [0.1, 0.15) is 5.56 Å². The summed E-state index contributed by atoms with van der Waals surface area (Å²) < 4.78 is 1.73. The van der Waals surface area contributed by atoms with Crippen molar-refractivity contribution < 1.29 is 9.90 Å². The summed E-state index contributed by atoms with van der Waals surface area (Å²) in [5.41, 5.74) is 3.86. The second kappa shape index (κ2) is 7.04. The number of aliphatic imine (C=N–C) groups is 1. The van der Waals surface area contributed by atoms with Gasteiger partial charge in [0.1, 0.15) is 5.71 Å². The van der Waals surface area contributed by atoms with Gasteiger partial charge in [0.15, 0.2) is 0 Å². The first-order chi connectivity index (χ1) is 14.6. The van der Waals surface area contributed by atoms with Crippen molar-refractivity contribution >= 4 is 39.6 Å². The van der Waals surface area contributed by atoms with Gasteiger partial charge in [-0.3, -0.25) is 9.69 Å². The van der Waals surface area contributed by atoms with Gasteiger partial charge in [-0.25, -0.2) is 4.99 Å². The molecule has 0 fully saturated rings. The molecule has 1 aliphatic rings. The molecule has 0 saturated carbocycles. The summed E-state index contributed by atoms with van der Waals surface area (Å²) in [6.45, 7) is 0. The number of benzene rings is 3. The number of carbonyl (C=O) groups is 1. The Balaban J connectivity index is 1.75. The molecule has 0 saturated heterocycles. The maximum absolute atomic E-state index is 13.4. The van der Waals surface area contributed by atoms with Crippen LogP contribution in [-0.2, 0) is 11.8 Å². The number of nitrogens with zero attached hydrogens (tertiary/aromatic N) is 3. The topological polar surface area (TPSA) is 57.8 Å². The van der Waals surface area contributed by atoms with E-state index in [0.717, 1.165) is 16.6 Å². The van der Waals surface area contributed by atoms with E-state index >= 15 is 0 Å². The lowest BCUT2D eigenvalue weighted by Gasteiger charge is -2.20. The van der Waals surface area contributed by atoms with Crippen molar-refractivity contribution in [1.29, 1.82) is 0 Å². The van der Waals surface area contributed by atoms with Gasteiger partial charge in [0, 0.05) is 18.1 Å². The lowest BCUT2D eigenvalue weighted by Crippen LogP contribution is -2.28. The fourth-order valence-corrected chi connectivity index (χ4v) is 3.85. The molecule has 2 heterocycles. The Morgan fingerprint density at radius 2 is 1.47 bits per heavy atom. The summed E-state index contributed by atoms with van der Waals surface area (Å²) in [6, 6.07) is 26.6. The Morgan fingerprint density at radius 3 is 2.20 bits per heavy atom. The average molecular weight is 393 g/mol. The summed E-state index contributed by atoms with van der Waals surface area (Å²) in [5, 5.41) is 11.8. The normalized spacial score (nSPS) is 15.2. The number of carbonyl (C=O) groups excluding carboxylic acids is 1. The van der Waals surface area contributed by atoms with E-state index in [2.05, 4.69) is 4.99 Å². The van der Waals surface area contributed by atoms with E-state index in [9.17, 15) is 9.90 Å². The molecule has 1 aromatic heterocycles. The minimum Gasteiger partial charge on any atom is -0.494 e. The highest BCUT2D eigenvalue weighted by molar-refractivity contribution is 6.55. The fraction of sp³-hybridized carbons (Fsp3) is 0.0400. The monoisotopic (exact) mass is 393 g/mol. The van der Waals surface area contributed by atoms with Crippen molar-refractivity contribution in [3.8, 4) is 5.88 Å². The molecular weight excluding hydrogens is 374 g/mol. The predicted octanol–water partition coefficient (Wildman–Crippen LogP) is 5.04. The molecular formula is C25H19N3O2. The minimum atomic E-state index is -0.229. The van der Waals surface area contributed by atoms with E-state index in [1.165, 1.54) is 0 Å². The van der Waals surface area contributed by atoms with E-state index in [-0.39, 0.29) is 11.8 Å². The molecule has 146 valence electrons. The maximum atomic E-state index is 13.4. The van der Waals surface area contributed by atoms with Crippen molar-refractivity contribution in [2.75, 3.05) is 4.90 Å². The van der Waals surface area contributed by atoms with Gasteiger partial charge in [0.2, 0.25) is 5.88 Å². The van der Waals surface area contributed by atoms with Crippen molar-refractivity contribution in [3.05, 3.63) is 96.6 Å².